The molecule has 2 aromatic carbocycles. The Hall–Kier alpha value is -2.47. The number of para-hydroxylation sites is 2. The van der Waals surface area contributed by atoms with Crippen LogP contribution in [0.2, 0.25) is 0 Å². The topological polar surface area (TPSA) is 67.0 Å². The average molecular weight is 384 g/mol. The molecule has 27 heavy (non-hydrogen) atoms. The Morgan fingerprint density at radius 2 is 2.04 bits per heavy atom. The number of carbonyl (C=O) groups is 1. The summed E-state index contributed by atoms with van der Waals surface area (Å²) in [6.45, 7) is 5.46. The quantitative estimate of drug-likeness (QED) is 0.428. The lowest BCUT2D eigenvalue weighted by molar-refractivity contribution is -0.118. The van der Waals surface area contributed by atoms with Crippen molar-refractivity contribution in [2.24, 2.45) is 0 Å². The van der Waals surface area contributed by atoms with E-state index in [0.29, 0.717) is 18.9 Å². The number of imidazole rings is 1. The Bertz CT molecular complexity index is 874. The van der Waals surface area contributed by atoms with E-state index < -0.39 is 0 Å². The van der Waals surface area contributed by atoms with Gasteiger partial charge in [0, 0.05) is 6.54 Å². The lowest BCUT2D eigenvalue weighted by Crippen LogP contribution is -2.26. The third-order valence-electron chi connectivity index (χ3n) is 4.19. The van der Waals surface area contributed by atoms with Crippen molar-refractivity contribution < 1.29 is 9.53 Å². The summed E-state index contributed by atoms with van der Waals surface area (Å²) in [6, 6.07) is 14.0. The fourth-order valence-electron chi connectivity index (χ4n) is 2.78. The first kappa shape index (κ1) is 19.3. The van der Waals surface area contributed by atoms with Crippen molar-refractivity contribution in [3.8, 4) is 5.75 Å². The van der Waals surface area contributed by atoms with Gasteiger partial charge in [-0.1, -0.05) is 41.6 Å². The zero-order chi connectivity index (χ0) is 19.1. The number of hydrogen-bond acceptors (Lipinski definition) is 4. The van der Waals surface area contributed by atoms with Gasteiger partial charge < -0.3 is 15.0 Å². The Balaban J connectivity index is 1.29. The van der Waals surface area contributed by atoms with Gasteiger partial charge in [0.1, 0.15) is 5.75 Å². The number of nitrogens with zero attached hydrogens (tertiary/aromatic N) is 1. The number of rotatable bonds is 9. The Morgan fingerprint density at radius 3 is 2.85 bits per heavy atom. The minimum atomic E-state index is 0.0238. The van der Waals surface area contributed by atoms with E-state index >= 15 is 0 Å². The van der Waals surface area contributed by atoms with E-state index in [9.17, 15) is 4.79 Å². The minimum Gasteiger partial charge on any atom is -0.493 e. The number of carbonyl (C=O) groups excluding carboxylic acids is 1. The van der Waals surface area contributed by atoms with Crippen LogP contribution in [0.4, 0.5) is 0 Å². The van der Waals surface area contributed by atoms with Gasteiger partial charge in [0.2, 0.25) is 5.91 Å². The first-order valence-corrected chi connectivity index (χ1v) is 10.1. The third-order valence-corrected chi connectivity index (χ3v) is 5.06. The van der Waals surface area contributed by atoms with Gasteiger partial charge in [0.05, 0.1) is 23.4 Å². The highest BCUT2D eigenvalue weighted by atomic mass is 32.2. The molecular formula is C21H25N3O2S. The zero-order valence-corrected chi connectivity index (χ0v) is 16.6. The Morgan fingerprint density at radius 1 is 1.19 bits per heavy atom. The summed E-state index contributed by atoms with van der Waals surface area (Å²) >= 11 is 1.42. The fraction of sp³-hybridized carbons (Fsp3) is 0.333. The van der Waals surface area contributed by atoms with Crippen molar-refractivity contribution >= 4 is 28.7 Å². The molecule has 2 N–H and O–H groups in total. The molecule has 0 bridgehead atoms. The molecule has 0 atom stereocenters. The van der Waals surface area contributed by atoms with E-state index in [-0.39, 0.29) is 5.91 Å². The van der Waals surface area contributed by atoms with E-state index in [1.165, 1.54) is 17.3 Å². The predicted octanol–water partition coefficient (Wildman–Crippen LogP) is 4.25. The van der Waals surface area contributed by atoms with Crippen molar-refractivity contribution in [2.45, 2.75) is 31.8 Å². The van der Waals surface area contributed by atoms with Crippen LogP contribution in [0, 0.1) is 13.8 Å². The fourth-order valence-corrected chi connectivity index (χ4v) is 3.50. The van der Waals surface area contributed by atoms with Crippen molar-refractivity contribution in [2.75, 3.05) is 18.9 Å². The van der Waals surface area contributed by atoms with Crippen LogP contribution in [0.1, 0.15) is 24.0 Å². The molecule has 142 valence electrons. The van der Waals surface area contributed by atoms with Crippen LogP contribution in [0.25, 0.3) is 11.0 Å². The molecule has 1 aromatic heterocycles. The van der Waals surface area contributed by atoms with Crippen LogP contribution >= 0.6 is 11.8 Å². The number of aromatic nitrogens is 2. The standard InChI is InChI=1S/C21H25N3O2S/c1-15-9-10-19(16(2)13-15)26-12-6-5-11-22-20(25)14-27-21-23-17-7-3-4-8-18(17)24-21/h3-4,7-10,13H,5-6,11-12,14H2,1-2H3,(H,22,25)(H,23,24). The first-order chi connectivity index (χ1) is 13.1. The summed E-state index contributed by atoms with van der Waals surface area (Å²) in [5.74, 6) is 1.32. The highest BCUT2D eigenvalue weighted by Gasteiger charge is 2.06. The van der Waals surface area contributed by atoms with Gasteiger partial charge in [0.15, 0.2) is 5.16 Å². The lowest BCUT2D eigenvalue weighted by atomic mass is 10.1. The molecule has 1 amide bonds. The highest BCUT2D eigenvalue weighted by Crippen LogP contribution is 2.19. The maximum atomic E-state index is 12.0. The van der Waals surface area contributed by atoms with Crippen LogP contribution in [0.15, 0.2) is 47.6 Å². The van der Waals surface area contributed by atoms with Gasteiger partial charge >= 0.3 is 0 Å². The maximum absolute atomic E-state index is 12.0. The molecule has 1 heterocycles. The summed E-state index contributed by atoms with van der Waals surface area (Å²) < 4.78 is 5.80. The molecule has 3 rings (SSSR count). The number of aromatic amines is 1. The first-order valence-electron chi connectivity index (χ1n) is 9.16. The highest BCUT2D eigenvalue weighted by molar-refractivity contribution is 7.99. The lowest BCUT2D eigenvalue weighted by Gasteiger charge is -2.10. The van der Waals surface area contributed by atoms with Crippen LogP contribution in [-0.4, -0.2) is 34.8 Å². The molecule has 0 fully saturated rings. The molecule has 0 spiro atoms. The Kier molecular flexibility index (Phi) is 6.76. The number of thioether (sulfide) groups is 1. The molecule has 0 saturated heterocycles. The second kappa shape index (κ2) is 9.46. The smallest absolute Gasteiger partial charge is 0.230 e. The summed E-state index contributed by atoms with van der Waals surface area (Å²) in [4.78, 5) is 19.6. The number of benzene rings is 2. The molecule has 3 aromatic rings. The molecule has 5 nitrogen and oxygen atoms in total. The normalized spacial score (nSPS) is 10.9. The van der Waals surface area contributed by atoms with Gasteiger partial charge in [-0.3, -0.25) is 4.79 Å². The maximum Gasteiger partial charge on any atom is 0.230 e. The van der Waals surface area contributed by atoms with Crippen LogP contribution in [-0.2, 0) is 4.79 Å². The minimum absolute atomic E-state index is 0.0238. The summed E-state index contributed by atoms with van der Waals surface area (Å²) in [5, 5.41) is 3.72. The number of fused-ring (bicyclic) bond motifs is 1. The van der Waals surface area contributed by atoms with E-state index in [2.05, 4.69) is 41.3 Å². The number of nitrogens with one attached hydrogen (secondary N) is 2. The van der Waals surface area contributed by atoms with E-state index in [1.54, 1.807) is 0 Å². The molecule has 0 unspecified atom stereocenters. The summed E-state index contributed by atoms with van der Waals surface area (Å²) in [7, 11) is 0. The van der Waals surface area contributed by atoms with Crippen molar-refractivity contribution in [1.29, 1.82) is 0 Å². The van der Waals surface area contributed by atoms with Crippen LogP contribution in [0.5, 0.6) is 5.75 Å². The van der Waals surface area contributed by atoms with Gasteiger partial charge in [-0.05, 0) is 50.5 Å². The monoisotopic (exact) mass is 383 g/mol. The van der Waals surface area contributed by atoms with Crippen molar-refractivity contribution in [1.82, 2.24) is 15.3 Å². The second-order valence-electron chi connectivity index (χ2n) is 6.52. The molecule has 0 aliphatic heterocycles. The van der Waals surface area contributed by atoms with E-state index in [4.69, 9.17) is 4.74 Å². The van der Waals surface area contributed by atoms with Gasteiger partial charge in [-0.15, -0.1) is 0 Å². The van der Waals surface area contributed by atoms with Crippen molar-refractivity contribution in [3.05, 3.63) is 53.6 Å². The number of hydrogen-bond donors (Lipinski definition) is 2. The largest absolute Gasteiger partial charge is 0.493 e. The van der Waals surface area contributed by atoms with Gasteiger partial charge in [-0.25, -0.2) is 4.98 Å². The number of amides is 1. The molecule has 0 aliphatic carbocycles. The Labute approximate surface area is 163 Å². The predicted molar refractivity (Wildman–Crippen MR) is 110 cm³/mol. The number of H-pyrrole nitrogens is 1. The second-order valence-corrected chi connectivity index (χ2v) is 7.49. The third kappa shape index (κ3) is 5.76. The van der Waals surface area contributed by atoms with E-state index in [1.807, 2.05) is 30.3 Å². The van der Waals surface area contributed by atoms with E-state index in [0.717, 1.165) is 40.3 Å². The number of ether oxygens (including phenoxy) is 1. The number of aryl methyl sites for hydroxylation is 2. The summed E-state index contributed by atoms with van der Waals surface area (Å²) in [6.07, 6.45) is 1.80. The van der Waals surface area contributed by atoms with Crippen LogP contribution in [0.3, 0.4) is 0 Å². The molecule has 6 heteroatoms. The molecule has 0 radical (unpaired) electrons. The average Bonchev–Trinajstić information content (AvgIpc) is 3.07. The molecule has 0 aliphatic rings. The SMILES string of the molecule is Cc1ccc(OCCCCNC(=O)CSc2nc3ccccc3[nH]2)c(C)c1. The van der Waals surface area contributed by atoms with Crippen molar-refractivity contribution in [3.63, 3.8) is 0 Å². The number of unbranched alkanes of at least 4 members (excludes halogenated alkanes) is 1. The molecule has 0 saturated carbocycles. The van der Waals surface area contributed by atoms with Crippen LogP contribution < -0.4 is 10.1 Å². The summed E-state index contributed by atoms with van der Waals surface area (Å²) in [5.41, 5.74) is 4.31. The molecular weight excluding hydrogens is 358 g/mol. The van der Waals surface area contributed by atoms with Gasteiger partial charge in [-0.2, -0.15) is 0 Å². The van der Waals surface area contributed by atoms with Gasteiger partial charge in [0.25, 0.3) is 0 Å². The zero-order valence-electron chi connectivity index (χ0n) is 15.7.